The summed E-state index contributed by atoms with van der Waals surface area (Å²) in [5.74, 6) is -0.253. The molecule has 1 aromatic carbocycles. The molecule has 0 radical (unpaired) electrons. The van der Waals surface area contributed by atoms with Gasteiger partial charge in [0.2, 0.25) is 0 Å². The van der Waals surface area contributed by atoms with Gasteiger partial charge in [0.25, 0.3) is 0 Å². The van der Waals surface area contributed by atoms with E-state index in [1.807, 2.05) is 26.8 Å². The van der Waals surface area contributed by atoms with Crippen molar-refractivity contribution in [3.63, 3.8) is 0 Å². The average molecular weight is 276 g/mol. The Morgan fingerprint density at radius 1 is 1.33 bits per heavy atom. The molecule has 0 heterocycles. The molecule has 1 N–H and O–H groups in total. The number of rotatable bonds is 3. The highest BCUT2D eigenvalue weighted by Gasteiger charge is 2.09. The van der Waals surface area contributed by atoms with Crippen LogP contribution in [-0.2, 0) is 11.4 Å². The smallest absolute Gasteiger partial charge is 0.124 e. The first-order valence-corrected chi connectivity index (χ1v) is 5.52. The maximum atomic E-state index is 13.0. The first-order chi connectivity index (χ1) is 6.87. The predicted molar refractivity (Wildman–Crippen MR) is 61.8 cm³/mol. The lowest BCUT2D eigenvalue weighted by molar-refractivity contribution is -0.0757. The van der Waals surface area contributed by atoms with Gasteiger partial charge in [-0.2, -0.15) is 5.48 Å². The van der Waals surface area contributed by atoms with Crippen LogP contribution in [0.3, 0.4) is 0 Å². The molecule has 1 aromatic rings. The Morgan fingerprint density at radius 3 is 2.53 bits per heavy atom. The predicted octanol–water partition coefficient (Wildman–Crippen LogP) is 3.41. The second-order valence-electron chi connectivity index (χ2n) is 4.31. The van der Waals surface area contributed by atoms with Crippen LogP contribution in [0.25, 0.3) is 0 Å². The summed E-state index contributed by atoms with van der Waals surface area (Å²) in [7, 11) is 0. The number of hydrogen-bond donors (Lipinski definition) is 1. The number of hydroxylamine groups is 1. The monoisotopic (exact) mass is 275 g/mol. The summed E-state index contributed by atoms with van der Waals surface area (Å²) in [6, 6.07) is 4.75. The van der Waals surface area contributed by atoms with Crippen molar-refractivity contribution in [2.75, 3.05) is 0 Å². The van der Waals surface area contributed by atoms with Gasteiger partial charge in [-0.25, -0.2) is 4.39 Å². The molecule has 2 nitrogen and oxygen atoms in total. The summed E-state index contributed by atoms with van der Waals surface area (Å²) < 4.78 is 13.7. The van der Waals surface area contributed by atoms with Crippen LogP contribution >= 0.6 is 15.9 Å². The van der Waals surface area contributed by atoms with Crippen LogP contribution in [0.4, 0.5) is 4.39 Å². The Kier molecular flexibility index (Phi) is 4.25. The van der Waals surface area contributed by atoms with Gasteiger partial charge in [-0.1, -0.05) is 15.9 Å². The van der Waals surface area contributed by atoms with Crippen LogP contribution in [-0.4, -0.2) is 5.60 Å². The molecule has 0 saturated carbocycles. The Morgan fingerprint density at radius 2 is 2.00 bits per heavy atom. The van der Waals surface area contributed by atoms with Crippen molar-refractivity contribution in [1.82, 2.24) is 5.48 Å². The molecule has 0 aliphatic heterocycles. The molecule has 0 fully saturated rings. The van der Waals surface area contributed by atoms with E-state index in [1.165, 1.54) is 12.1 Å². The highest BCUT2D eigenvalue weighted by atomic mass is 79.9. The van der Waals surface area contributed by atoms with E-state index in [2.05, 4.69) is 21.4 Å². The summed E-state index contributed by atoms with van der Waals surface area (Å²) in [4.78, 5) is 5.33. The topological polar surface area (TPSA) is 21.3 Å². The number of nitrogens with one attached hydrogen (secondary N) is 1. The zero-order valence-electron chi connectivity index (χ0n) is 9.10. The van der Waals surface area contributed by atoms with Crippen molar-refractivity contribution in [2.24, 2.45) is 0 Å². The van der Waals surface area contributed by atoms with Crippen LogP contribution in [0.15, 0.2) is 22.7 Å². The minimum Gasteiger partial charge on any atom is -0.296 e. The van der Waals surface area contributed by atoms with Gasteiger partial charge in [-0.3, -0.25) is 4.84 Å². The standard InChI is InChI=1S/C11H15BrFNO/c1-11(2,3)15-14-7-8-4-9(12)6-10(13)5-8/h4-6,14H,7H2,1-3H3. The summed E-state index contributed by atoms with van der Waals surface area (Å²) in [6.45, 7) is 6.32. The van der Waals surface area contributed by atoms with Crippen molar-refractivity contribution < 1.29 is 9.23 Å². The first kappa shape index (κ1) is 12.6. The minimum atomic E-state index is -0.253. The summed E-state index contributed by atoms with van der Waals surface area (Å²) in [6.07, 6.45) is 0. The SMILES string of the molecule is CC(C)(C)ONCc1cc(F)cc(Br)c1. The van der Waals surface area contributed by atoms with Crippen molar-refractivity contribution in [2.45, 2.75) is 32.9 Å². The molecular weight excluding hydrogens is 261 g/mol. The average Bonchev–Trinajstić information content (AvgIpc) is 1.99. The Balaban J connectivity index is 2.51. The second-order valence-corrected chi connectivity index (χ2v) is 5.23. The van der Waals surface area contributed by atoms with Gasteiger partial charge < -0.3 is 0 Å². The number of halogens is 2. The lowest BCUT2D eigenvalue weighted by Gasteiger charge is -2.19. The van der Waals surface area contributed by atoms with Crippen LogP contribution in [0.1, 0.15) is 26.3 Å². The fourth-order valence-corrected chi connectivity index (χ4v) is 1.56. The maximum absolute atomic E-state index is 13.0. The van der Waals surface area contributed by atoms with Crippen LogP contribution in [0.5, 0.6) is 0 Å². The van der Waals surface area contributed by atoms with Gasteiger partial charge in [0, 0.05) is 11.0 Å². The van der Waals surface area contributed by atoms with Gasteiger partial charge in [-0.05, 0) is 44.5 Å². The molecule has 1 rings (SSSR count). The lowest BCUT2D eigenvalue weighted by atomic mass is 10.2. The molecule has 0 amide bonds. The second kappa shape index (κ2) is 5.05. The van der Waals surface area contributed by atoms with Crippen molar-refractivity contribution in [3.05, 3.63) is 34.1 Å². The molecular formula is C11H15BrFNO. The van der Waals surface area contributed by atoms with Gasteiger partial charge in [0.1, 0.15) is 5.82 Å². The zero-order chi connectivity index (χ0) is 11.5. The summed E-state index contributed by atoms with van der Waals surface area (Å²) in [5, 5.41) is 0. The number of benzene rings is 1. The lowest BCUT2D eigenvalue weighted by Crippen LogP contribution is -2.28. The quantitative estimate of drug-likeness (QED) is 0.854. The fraction of sp³-hybridized carbons (Fsp3) is 0.455. The molecule has 4 heteroatoms. The normalized spacial score (nSPS) is 11.8. The molecule has 15 heavy (non-hydrogen) atoms. The van der Waals surface area contributed by atoms with Crippen LogP contribution in [0.2, 0.25) is 0 Å². The molecule has 0 aliphatic rings. The van der Waals surface area contributed by atoms with E-state index in [4.69, 9.17) is 4.84 Å². The Hall–Kier alpha value is -0.450. The molecule has 0 unspecified atom stereocenters. The Labute approximate surface area is 97.9 Å². The highest BCUT2D eigenvalue weighted by Crippen LogP contribution is 2.15. The third-order valence-electron chi connectivity index (χ3n) is 1.58. The molecule has 0 aliphatic carbocycles. The third-order valence-corrected chi connectivity index (χ3v) is 2.03. The summed E-state index contributed by atoms with van der Waals surface area (Å²) in [5.41, 5.74) is 3.40. The maximum Gasteiger partial charge on any atom is 0.124 e. The first-order valence-electron chi connectivity index (χ1n) is 4.73. The molecule has 0 spiro atoms. The summed E-state index contributed by atoms with van der Waals surface area (Å²) >= 11 is 3.24. The van der Waals surface area contributed by atoms with Crippen LogP contribution in [0, 0.1) is 5.82 Å². The molecule has 0 saturated heterocycles. The van der Waals surface area contributed by atoms with E-state index in [1.54, 1.807) is 0 Å². The highest BCUT2D eigenvalue weighted by molar-refractivity contribution is 9.10. The van der Waals surface area contributed by atoms with Gasteiger partial charge >= 0.3 is 0 Å². The van der Waals surface area contributed by atoms with Gasteiger partial charge in [0.15, 0.2) is 0 Å². The van der Waals surface area contributed by atoms with E-state index in [-0.39, 0.29) is 11.4 Å². The largest absolute Gasteiger partial charge is 0.296 e. The van der Waals surface area contributed by atoms with Crippen molar-refractivity contribution in [3.8, 4) is 0 Å². The van der Waals surface area contributed by atoms with E-state index >= 15 is 0 Å². The third kappa shape index (κ3) is 5.25. The van der Waals surface area contributed by atoms with Gasteiger partial charge in [0.05, 0.1) is 5.60 Å². The van der Waals surface area contributed by atoms with Crippen molar-refractivity contribution in [1.29, 1.82) is 0 Å². The van der Waals surface area contributed by atoms with Crippen molar-refractivity contribution >= 4 is 15.9 Å². The molecule has 0 atom stereocenters. The molecule has 0 aromatic heterocycles. The number of hydrogen-bond acceptors (Lipinski definition) is 2. The minimum absolute atomic E-state index is 0.245. The van der Waals surface area contributed by atoms with Gasteiger partial charge in [-0.15, -0.1) is 0 Å². The van der Waals surface area contributed by atoms with E-state index in [0.717, 1.165) is 10.0 Å². The van der Waals surface area contributed by atoms with E-state index in [9.17, 15) is 4.39 Å². The van der Waals surface area contributed by atoms with Crippen LogP contribution < -0.4 is 5.48 Å². The van der Waals surface area contributed by atoms with E-state index in [0.29, 0.717) is 6.54 Å². The zero-order valence-corrected chi connectivity index (χ0v) is 10.7. The Bertz CT molecular complexity index is 316. The molecule has 84 valence electrons. The molecule has 0 bridgehead atoms. The van der Waals surface area contributed by atoms with E-state index < -0.39 is 0 Å². The fourth-order valence-electron chi connectivity index (χ4n) is 1.05.